The summed E-state index contributed by atoms with van der Waals surface area (Å²) in [6.45, 7) is 4.50. The van der Waals surface area contributed by atoms with Gasteiger partial charge >= 0.3 is 5.97 Å². The third kappa shape index (κ3) is 10.1. The number of aromatic nitrogens is 2. The Morgan fingerprint density at radius 3 is 2.09 bits per heavy atom. The number of aryl methyl sites for hydroxylation is 1. The summed E-state index contributed by atoms with van der Waals surface area (Å²) >= 11 is 0. The maximum absolute atomic E-state index is 13.4. The van der Waals surface area contributed by atoms with Crippen molar-refractivity contribution in [2.24, 2.45) is 0 Å². The highest BCUT2D eigenvalue weighted by atomic mass is 16.5. The first-order valence-corrected chi connectivity index (χ1v) is 16.6. The number of hydrogen-bond donors (Lipinski definition) is 1. The second-order valence-corrected chi connectivity index (χ2v) is 11.8. The van der Waals surface area contributed by atoms with Crippen LogP contribution in [0.15, 0.2) is 77.6 Å². The van der Waals surface area contributed by atoms with Crippen molar-refractivity contribution >= 4 is 28.5 Å². The standard InChI is InChI=1S/C38H47N3O4/c1-3-4-5-6-7-8-9-10-11-12-13-19-26-45-38(44)30-25-24-29(2)34(27-30)40-36(42)28-35-39-33-23-18-17-22-32(33)37(43)41(35)31-20-15-14-16-21-31/h14-18,20-25,27H,3-13,19,26,28H2,1-2H3,(H,40,42). The summed E-state index contributed by atoms with van der Waals surface area (Å²) in [6.07, 6.45) is 14.9. The lowest BCUT2D eigenvalue weighted by molar-refractivity contribution is -0.115. The number of nitrogens with zero attached hydrogens (tertiary/aromatic N) is 2. The Labute approximate surface area is 267 Å². The van der Waals surface area contributed by atoms with E-state index in [0.717, 1.165) is 24.8 Å². The van der Waals surface area contributed by atoms with Gasteiger partial charge in [-0.1, -0.05) is 114 Å². The van der Waals surface area contributed by atoms with E-state index in [1.165, 1.54) is 62.4 Å². The zero-order valence-electron chi connectivity index (χ0n) is 26.9. The Bertz CT molecular complexity index is 1600. The number of nitrogens with one attached hydrogen (secondary N) is 1. The lowest BCUT2D eigenvalue weighted by Gasteiger charge is -2.15. The van der Waals surface area contributed by atoms with E-state index >= 15 is 0 Å². The van der Waals surface area contributed by atoms with Gasteiger partial charge in [-0.3, -0.25) is 14.2 Å². The number of para-hydroxylation sites is 2. The average molecular weight is 610 g/mol. The first-order chi connectivity index (χ1) is 22.0. The number of anilines is 1. The Balaban J connectivity index is 1.28. The number of benzene rings is 3. The van der Waals surface area contributed by atoms with Gasteiger partial charge in [0.15, 0.2) is 0 Å². The SMILES string of the molecule is CCCCCCCCCCCCCCOC(=O)c1ccc(C)c(NC(=O)Cc2nc3ccccc3c(=O)n2-c2ccccc2)c1. The minimum absolute atomic E-state index is 0.123. The van der Waals surface area contributed by atoms with Crippen LogP contribution in [0.4, 0.5) is 5.69 Å². The molecule has 0 aliphatic heterocycles. The quantitative estimate of drug-likeness (QED) is 0.0900. The van der Waals surface area contributed by atoms with Crippen molar-refractivity contribution in [3.63, 3.8) is 0 Å². The van der Waals surface area contributed by atoms with Crippen molar-refractivity contribution in [2.75, 3.05) is 11.9 Å². The number of fused-ring (bicyclic) bond motifs is 1. The topological polar surface area (TPSA) is 90.3 Å². The molecule has 3 aromatic carbocycles. The fraction of sp³-hybridized carbons (Fsp3) is 0.421. The van der Waals surface area contributed by atoms with E-state index < -0.39 is 5.97 Å². The van der Waals surface area contributed by atoms with Crippen LogP contribution in [0.3, 0.4) is 0 Å². The van der Waals surface area contributed by atoms with E-state index in [1.54, 1.807) is 36.4 Å². The number of rotatable bonds is 18. The van der Waals surface area contributed by atoms with Crippen molar-refractivity contribution in [3.8, 4) is 5.69 Å². The van der Waals surface area contributed by atoms with E-state index in [9.17, 15) is 14.4 Å². The van der Waals surface area contributed by atoms with Crippen LogP contribution < -0.4 is 10.9 Å². The van der Waals surface area contributed by atoms with E-state index in [0.29, 0.717) is 40.3 Å². The predicted molar refractivity (Wildman–Crippen MR) is 182 cm³/mol. The molecule has 7 nitrogen and oxygen atoms in total. The third-order valence-corrected chi connectivity index (χ3v) is 8.16. The molecule has 0 fully saturated rings. The molecule has 0 atom stereocenters. The van der Waals surface area contributed by atoms with E-state index in [4.69, 9.17) is 4.74 Å². The molecule has 0 radical (unpaired) electrons. The van der Waals surface area contributed by atoms with Gasteiger partial charge in [0.1, 0.15) is 5.82 Å². The van der Waals surface area contributed by atoms with Crippen LogP contribution in [-0.2, 0) is 16.0 Å². The van der Waals surface area contributed by atoms with Crippen LogP contribution in [-0.4, -0.2) is 28.0 Å². The van der Waals surface area contributed by atoms with Crippen LogP contribution in [0.5, 0.6) is 0 Å². The second-order valence-electron chi connectivity index (χ2n) is 11.8. The van der Waals surface area contributed by atoms with E-state index in [1.807, 2.05) is 43.3 Å². The molecule has 0 aliphatic carbocycles. The molecule has 0 unspecified atom stereocenters. The Kier molecular flexibility index (Phi) is 13.4. The summed E-state index contributed by atoms with van der Waals surface area (Å²) in [5.41, 5.74) is 2.66. The second kappa shape index (κ2) is 17.9. The Morgan fingerprint density at radius 1 is 0.778 bits per heavy atom. The number of ether oxygens (including phenoxy) is 1. The van der Waals surface area contributed by atoms with Crippen LogP contribution >= 0.6 is 0 Å². The van der Waals surface area contributed by atoms with E-state index in [-0.39, 0.29) is 17.9 Å². The third-order valence-electron chi connectivity index (χ3n) is 8.16. The highest BCUT2D eigenvalue weighted by Crippen LogP contribution is 2.20. The summed E-state index contributed by atoms with van der Waals surface area (Å²) in [7, 11) is 0. The average Bonchev–Trinajstić information content (AvgIpc) is 3.04. The van der Waals surface area contributed by atoms with Crippen molar-refractivity contribution < 1.29 is 14.3 Å². The fourth-order valence-electron chi connectivity index (χ4n) is 5.55. The molecule has 0 spiro atoms. The van der Waals surface area contributed by atoms with Gasteiger partial charge in [0, 0.05) is 5.69 Å². The molecular weight excluding hydrogens is 562 g/mol. The summed E-state index contributed by atoms with van der Waals surface area (Å²) in [4.78, 5) is 44.2. The molecule has 1 amide bonds. The van der Waals surface area contributed by atoms with Gasteiger partial charge in [0.25, 0.3) is 5.56 Å². The molecule has 0 saturated carbocycles. The fourth-order valence-corrected chi connectivity index (χ4v) is 5.55. The van der Waals surface area contributed by atoms with E-state index in [2.05, 4.69) is 17.2 Å². The van der Waals surface area contributed by atoms with Crippen LogP contribution in [0.2, 0.25) is 0 Å². The minimum Gasteiger partial charge on any atom is -0.462 e. The molecule has 0 bridgehead atoms. The minimum atomic E-state index is -0.400. The summed E-state index contributed by atoms with van der Waals surface area (Å²) in [5.74, 6) is -0.410. The molecule has 4 aromatic rings. The van der Waals surface area contributed by atoms with Gasteiger partial charge in [0.05, 0.1) is 35.2 Å². The van der Waals surface area contributed by atoms with Crippen LogP contribution in [0.1, 0.15) is 106 Å². The molecule has 1 N–H and O–H groups in total. The van der Waals surface area contributed by atoms with Crippen molar-refractivity contribution in [1.29, 1.82) is 0 Å². The molecule has 1 heterocycles. The van der Waals surface area contributed by atoms with Gasteiger partial charge in [-0.15, -0.1) is 0 Å². The van der Waals surface area contributed by atoms with Gasteiger partial charge < -0.3 is 10.1 Å². The molecule has 7 heteroatoms. The number of unbranched alkanes of at least 4 members (excludes halogenated alkanes) is 11. The zero-order chi connectivity index (χ0) is 31.9. The van der Waals surface area contributed by atoms with Gasteiger partial charge in [-0.05, 0) is 55.3 Å². The molecule has 45 heavy (non-hydrogen) atoms. The Morgan fingerprint density at radius 2 is 1.40 bits per heavy atom. The number of carbonyl (C=O) groups excluding carboxylic acids is 2. The molecule has 0 aliphatic rings. The van der Waals surface area contributed by atoms with Gasteiger partial charge in [-0.2, -0.15) is 0 Å². The highest BCUT2D eigenvalue weighted by molar-refractivity contribution is 5.96. The summed E-state index contributed by atoms with van der Waals surface area (Å²) in [6, 6.07) is 21.5. The molecule has 4 rings (SSSR count). The maximum atomic E-state index is 13.4. The maximum Gasteiger partial charge on any atom is 0.338 e. The first kappa shape index (κ1) is 33.6. The van der Waals surface area contributed by atoms with Crippen LogP contribution in [0, 0.1) is 6.92 Å². The first-order valence-electron chi connectivity index (χ1n) is 16.6. The van der Waals surface area contributed by atoms with Gasteiger partial charge in [-0.25, -0.2) is 9.78 Å². The number of carbonyl (C=O) groups is 2. The van der Waals surface area contributed by atoms with Crippen molar-refractivity contribution in [2.45, 2.75) is 97.3 Å². The van der Waals surface area contributed by atoms with Crippen molar-refractivity contribution in [1.82, 2.24) is 9.55 Å². The molecular formula is C38H47N3O4. The van der Waals surface area contributed by atoms with Crippen molar-refractivity contribution in [3.05, 3.63) is 100 Å². The summed E-state index contributed by atoms with van der Waals surface area (Å²) in [5, 5.41) is 3.40. The Hall–Kier alpha value is -4.26. The molecule has 0 saturated heterocycles. The largest absolute Gasteiger partial charge is 0.462 e. The predicted octanol–water partition coefficient (Wildman–Crippen LogP) is 8.73. The van der Waals surface area contributed by atoms with Gasteiger partial charge in [0.2, 0.25) is 5.91 Å². The normalized spacial score (nSPS) is 11.1. The number of amides is 1. The number of hydrogen-bond acceptors (Lipinski definition) is 5. The smallest absolute Gasteiger partial charge is 0.338 e. The van der Waals surface area contributed by atoms with Crippen LogP contribution in [0.25, 0.3) is 16.6 Å². The highest BCUT2D eigenvalue weighted by Gasteiger charge is 2.17. The monoisotopic (exact) mass is 609 g/mol. The molecule has 238 valence electrons. The summed E-state index contributed by atoms with van der Waals surface area (Å²) < 4.78 is 7.02. The lowest BCUT2D eigenvalue weighted by atomic mass is 10.1. The number of esters is 1. The lowest BCUT2D eigenvalue weighted by Crippen LogP contribution is -2.27. The zero-order valence-corrected chi connectivity index (χ0v) is 26.9. The molecule has 1 aromatic heterocycles.